The molecule has 0 aliphatic carbocycles. The van der Waals surface area contributed by atoms with E-state index in [2.05, 4.69) is 36.4 Å². The molecule has 41 heavy (non-hydrogen) atoms. The average molecular weight is 569 g/mol. The number of esters is 1. The number of rotatable bonds is 13. The van der Waals surface area contributed by atoms with E-state index in [1.54, 1.807) is 30.0 Å². The van der Waals surface area contributed by atoms with Gasteiger partial charge in [0.25, 0.3) is 0 Å². The van der Waals surface area contributed by atoms with Crippen molar-refractivity contribution in [2.75, 3.05) is 12.9 Å². The van der Waals surface area contributed by atoms with Crippen LogP contribution in [0, 0.1) is 5.41 Å². The van der Waals surface area contributed by atoms with E-state index in [0.29, 0.717) is 17.7 Å². The quantitative estimate of drug-likeness (QED) is 0.0803. The number of carbonyl (C=O) groups is 3. The molecule has 2 N–H and O–H groups in total. The second-order valence-corrected chi connectivity index (χ2v) is 11.1. The number of methoxy groups -OCH3 is 1. The van der Waals surface area contributed by atoms with Gasteiger partial charge in [0.1, 0.15) is 0 Å². The summed E-state index contributed by atoms with van der Waals surface area (Å²) < 4.78 is 4.17. The summed E-state index contributed by atoms with van der Waals surface area (Å²) in [6.45, 7) is 0. The van der Waals surface area contributed by atoms with Gasteiger partial charge in [0, 0.05) is 0 Å². The van der Waals surface area contributed by atoms with Crippen LogP contribution in [-0.2, 0) is 25.5 Å². The Morgan fingerprint density at radius 3 is 1.63 bits per heavy atom. The normalized spacial score (nSPS) is 11.5. The zero-order valence-electron chi connectivity index (χ0n) is 22.7. The van der Waals surface area contributed by atoms with Gasteiger partial charge in [-0.15, -0.1) is 11.8 Å². The number of hydrogen-bond acceptors (Lipinski definition) is 5. The smallest absolute Gasteiger partial charge is 0.337 e. The van der Waals surface area contributed by atoms with E-state index in [9.17, 15) is 24.6 Å². The molecule has 0 heterocycles. The van der Waals surface area contributed by atoms with Crippen LogP contribution in [0.2, 0.25) is 0 Å². The molecular formula is C34H32O6S. The van der Waals surface area contributed by atoms with E-state index in [4.69, 9.17) is 4.74 Å². The molecule has 0 aliphatic heterocycles. The van der Waals surface area contributed by atoms with Crippen molar-refractivity contribution >= 4 is 29.7 Å². The first kappa shape index (κ1) is 29.6. The second-order valence-electron chi connectivity index (χ2n) is 9.79. The Morgan fingerprint density at radius 2 is 1.20 bits per heavy atom. The fraction of sp³-hybridized carbons (Fsp3) is 0.206. The maximum Gasteiger partial charge on any atom is 0.337 e. The largest absolute Gasteiger partial charge is 0.480 e. The number of benzene rings is 4. The average Bonchev–Trinajstić information content (AvgIpc) is 3.01. The molecular weight excluding hydrogens is 536 g/mol. The second kappa shape index (κ2) is 13.3. The molecule has 0 fully saturated rings. The van der Waals surface area contributed by atoms with Crippen molar-refractivity contribution in [3.05, 3.63) is 143 Å². The van der Waals surface area contributed by atoms with Gasteiger partial charge < -0.3 is 14.9 Å². The van der Waals surface area contributed by atoms with Gasteiger partial charge in [-0.3, -0.25) is 9.59 Å². The van der Waals surface area contributed by atoms with Crippen LogP contribution in [0.25, 0.3) is 0 Å². The Hall–Kier alpha value is -4.36. The molecule has 0 aliphatic rings. The van der Waals surface area contributed by atoms with E-state index in [0.717, 1.165) is 16.7 Å². The highest BCUT2D eigenvalue weighted by Crippen LogP contribution is 2.49. The van der Waals surface area contributed by atoms with Crippen LogP contribution in [0.15, 0.2) is 115 Å². The number of carboxylic acids is 2. The molecule has 7 heteroatoms. The summed E-state index contributed by atoms with van der Waals surface area (Å²) in [5, 5.41) is 20.4. The summed E-state index contributed by atoms with van der Waals surface area (Å²) in [4.78, 5) is 37.0. The van der Waals surface area contributed by atoms with Crippen molar-refractivity contribution in [3.8, 4) is 0 Å². The Bertz CT molecular complexity index is 1360. The van der Waals surface area contributed by atoms with Crippen LogP contribution in [0.5, 0.6) is 0 Å². The van der Waals surface area contributed by atoms with Gasteiger partial charge >= 0.3 is 17.9 Å². The Morgan fingerprint density at radius 1 is 0.707 bits per heavy atom. The molecule has 6 nitrogen and oxygen atoms in total. The molecule has 4 aromatic rings. The van der Waals surface area contributed by atoms with Gasteiger partial charge in [-0.2, -0.15) is 0 Å². The van der Waals surface area contributed by atoms with Gasteiger partial charge in [-0.05, 0) is 59.4 Å². The third kappa shape index (κ3) is 6.36. The number of thioether (sulfide) groups is 1. The standard InChI is InChI=1S/C34H32O6S/c1-40-30(35)26-14-11-13-25(23-26)24-33(31(36)37,32(38)39)21-12-22-41-34(27-15-5-2-6-16-27,28-17-7-3-8-18-28)29-19-9-4-10-20-29/h2-11,13-20,23H,12,21-22,24H2,1H3,(H,36,37)(H,38,39). The molecule has 0 aromatic heterocycles. The van der Waals surface area contributed by atoms with Gasteiger partial charge in [0.15, 0.2) is 5.41 Å². The molecule has 4 aromatic carbocycles. The first-order valence-corrected chi connectivity index (χ1v) is 14.3. The number of aliphatic carboxylic acids is 2. The molecule has 0 radical (unpaired) electrons. The van der Waals surface area contributed by atoms with E-state index in [1.165, 1.54) is 13.2 Å². The Balaban J connectivity index is 1.65. The summed E-state index contributed by atoms with van der Waals surface area (Å²) in [7, 11) is 1.26. The van der Waals surface area contributed by atoms with Crippen molar-refractivity contribution < 1.29 is 29.3 Å². The van der Waals surface area contributed by atoms with Crippen molar-refractivity contribution in [1.29, 1.82) is 0 Å². The van der Waals surface area contributed by atoms with Crippen molar-refractivity contribution in [2.24, 2.45) is 5.41 Å². The topological polar surface area (TPSA) is 101 Å². The molecule has 0 bridgehead atoms. The van der Waals surface area contributed by atoms with Crippen LogP contribution in [0.1, 0.15) is 45.5 Å². The molecule has 0 amide bonds. The van der Waals surface area contributed by atoms with Gasteiger partial charge in [0.05, 0.1) is 17.4 Å². The lowest BCUT2D eigenvalue weighted by Crippen LogP contribution is -2.41. The number of carboxylic acid groups (broad SMARTS) is 2. The predicted octanol–water partition coefficient (Wildman–Crippen LogP) is 6.68. The summed E-state index contributed by atoms with van der Waals surface area (Å²) in [6, 6.07) is 36.7. The third-order valence-electron chi connectivity index (χ3n) is 7.28. The highest BCUT2D eigenvalue weighted by atomic mass is 32.2. The van der Waals surface area contributed by atoms with Crippen LogP contribution in [-0.4, -0.2) is 41.0 Å². The van der Waals surface area contributed by atoms with Crippen molar-refractivity contribution in [3.63, 3.8) is 0 Å². The van der Waals surface area contributed by atoms with E-state index in [-0.39, 0.29) is 18.4 Å². The minimum atomic E-state index is -2.05. The Labute approximate surface area is 244 Å². The van der Waals surface area contributed by atoms with Gasteiger partial charge in [-0.25, -0.2) is 4.79 Å². The van der Waals surface area contributed by atoms with Gasteiger partial charge in [0.2, 0.25) is 0 Å². The van der Waals surface area contributed by atoms with E-state index >= 15 is 0 Å². The first-order valence-electron chi connectivity index (χ1n) is 13.3. The zero-order valence-corrected chi connectivity index (χ0v) is 23.6. The lowest BCUT2D eigenvalue weighted by Gasteiger charge is -2.36. The van der Waals surface area contributed by atoms with Crippen molar-refractivity contribution in [2.45, 2.75) is 24.0 Å². The van der Waals surface area contributed by atoms with Gasteiger partial charge in [-0.1, -0.05) is 103 Å². The highest BCUT2D eigenvalue weighted by Gasteiger charge is 2.46. The lowest BCUT2D eigenvalue weighted by molar-refractivity contribution is -0.165. The maximum absolute atomic E-state index is 12.5. The summed E-state index contributed by atoms with van der Waals surface area (Å²) in [6.07, 6.45) is 0.00411. The molecule has 0 unspecified atom stereocenters. The number of hydrogen-bond donors (Lipinski definition) is 2. The first-order chi connectivity index (χ1) is 19.8. The Kier molecular flexibility index (Phi) is 9.63. The monoisotopic (exact) mass is 568 g/mol. The van der Waals surface area contributed by atoms with Crippen molar-refractivity contribution in [1.82, 2.24) is 0 Å². The minimum Gasteiger partial charge on any atom is -0.480 e. The third-order valence-corrected chi connectivity index (χ3v) is 8.91. The fourth-order valence-corrected chi connectivity index (χ4v) is 6.69. The molecule has 4 rings (SSSR count). The van der Waals surface area contributed by atoms with Crippen LogP contribution >= 0.6 is 11.8 Å². The SMILES string of the molecule is COC(=O)c1cccc(CC(CCCSC(c2ccccc2)(c2ccccc2)c2ccccc2)(C(=O)O)C(=O)O)c1. The highest BCUT2D eigenvalue weighted by molar-refractivity contribution is 8.00. The van der Waals surface area contributed by atoms with Crippen LogP contribution in [0.3, 0.4) is 0 Å². The van der Waals surface area contributed by atoms with Crippen LogP contribution in [0.4, 0.5) is 0 Å². The summed E-state index contributed by atoms with van der Waals surface area (Å²) in [5.41, 5.74) is 1.85. The zero-order chi connectivity index (χ0) is 29.3. The maximum atomic E-state index is 12.5. The van der Waals surface area contributed by atoms with Crippen LogP contribution < -0.4 is 0 Å². The molecule has 0 spiro atoms. The summed E-state index contributed by atoms with van der Waals surface area (Å²) >= 11 is 1.66. The predicted molar refractivity (Wildman–Crippen MR) is 160 cm³/mol. The molecule has 0 saturated carbocycles. The van der Waals surface area contributed by atoms with E-state index in [1.807, 2.05) is 54.6 Å². The molecule has 0 atom stereocenters. The fourth-order valence-electron chi connectivity index (χ4n) is 5.19. The van der Waals surface area contributed by atoms with E-state index < -0.39 is 28.1 Å². The summed E-state index contributed by atoms with van der Waals surface area (Å²) in [5.74, 6) is -2.88. The minimum absolute atomic E-state index is 0.0818. The molecule has 0 saturated heterocycles. The lowest BCUT2D eigenvalue weighted by atomic mass is 9.77. The number of carbonyl (C=O) groups excluding carboxylic acids is 1. The number of ether oxygens (including phenoxy) is 1. The molecule has 210 valence electrons.